The van der Waals surface area contributed by atoms with Crippen molar-refractivity contribution in [1.82, 2.24) is 0 Å². The number of fused-ring (bicyclic) bond motifs is 3. The monoisotopic (exact) mass is 640 g/mol. The van der Waals surface area contributed by atoms with Crippen molar-refractivity contribution in [3.05, 3.63) is 152 Å². The molecule has 0 atom stereocenters. The van der Waals surface area contributed by atoms with E-state index in [0.29, 0.717) is 15.5 Å². The zero-order valence-corrected chi connectivity index (χ0v) is 27.6. The van der Waals surface area contributed by atoms with Gasteiger partial charge in [-0.2, -0.15) is 0 Å². The van der Waals surface area contributed by atoms with Crippen LogP contribution in [0.15, 0.2) is 119 Å². The maximum Gasteiger partial charge on any atom is -1.00 e. The topological polar surface area (TPSA) is 0 Å². The molecule has 0 aromatic heterocycles. The second-order valence-corrected chi connectivity index (χ2v) is 17.5. The molecule has 2 aliphatic rings. The van der Waals surface area contributed by atoms with Gasteiger partial charge >= 0.3 is 237 Å². The van der Waals surface area contributed by atoms with E-state index in [1.54, 1.807) is 6.49 Å². The number of halogens is 2. The van der Waals surface area contributed by atoms with Crippen molar-refractivity contribution in [1.29, 1.82) is 0 Å². The molecule has 0 N–H and O–H groups in total. The first-order valence-electron chi connectivity index (χ1n) is 14.0. The SMILES string of the molecule is CC(C)c1ccc([C](c2ccc(C(C)C)cc2)=[Zr+2]([C]2=CC=CC2)[CH]2c3ccccc3-c3ccccc32)cc1.[Cl-].[Cl-]. The Morgan fingerprint density at radius 2 is 1.07 bits per heavy atom. The Bertz CT molecular complexity index is 1470. The molecule has 0 nitrogen and oxygen atoms in total. The van der Waals surface area contributed by atoms with Gasteiger partial charge in [-0.15, -0.1) is 0 Å². The van der Waals surface area contributed by atoms with E-state index in [2.05, 4.69) is 143 Å². The fraction of sp³-hybridized carbons (Fsp3) is 0.216. The summed E-state index contributed by atoms with van der Waals surface area (Å²) in [7, 11) is 0. The van der Waals surface area contributed by atoms with E-state index in [9.17, 15) is 0 Å². The fourth-order valence-electron chi connectivity index (χ4n) is 6.15. The van der Waals surface area contributed by atoms with Gasteiger partial charge in [-0.25, -0.2) is 0 Å². The van der Waals surface area contributed by atoms with Gasteiger partial charge in [-0.1, -0.05) is 0 Å². The summed E-state index contributed by atoms with van der Waals surface area (Å²) in [5, 5.41) is 0. The van der Waals surface area contributed by atoms with E-state index in [0.717, 1.165) is 6.42 Å². The quantitative estimate of drug-likeness (QED) is 0.301. The molecular formula is C37H36Cl2Zr. The van der Waals surface area contributed by atoms with Gasteiger partial charge in [-0.3, -0.25) is 0 Å². The van der Waals surface area contributed by atoms with Crippen LogP contribution in [-0.4, -0.2) is 3.21 Å². The molecular weight excluding hydrogens is 607 g/mol. The molecule has 6 rings (SSSR count). The van der Waals surface area contributed by atoms with Crippen molar-refractivity contribution in [2.24, 2.45) is 0 Å². The largest absolute Gasteiger partial charge is 1.00 e. The number of hydrogen-bond donors (Lipinski definition) is 0. The van der Waals surface area contributed by atoms with Crippen LogP contribution in [0.2, 0.25) is 0 Å². The van der Waals surface area contributed by atoms with Gasteiger partial charge in [0.25, 0.3) is 0 Å². The van der Waals surface area contributed by atoms with Crippen LogP contribution in [0.5, 0.6) is 0 Å². The van der Waals surface area contributed by atoms with Crippen molar-refractivity contribution in [2.75, 3.05) is 0 Å². The van der Waals surface area contributed by atoms with Gasteiger partial charge in [0.05, 0.1) is 0 Å². The Hall–Kier alpha value is -2.31. The molecule has 0 saturated heterocycles. The van der Waals surface area contributed by atoms with E-state index < -0.39 is 21.3 Å². The summed E-state index contributed by atoms with van der Waals surface area (Å²) in [6, 6.07) is 37.5. The van der Waals surface area contributed by atoms with Crippen molar-refractivity contribution < 1.29 is 46.1 Å². The molecule has 3 heteroatoms. The minimum absolute atomic E-state index is 0. The van der Waals surface area contributed by atoms with Gasteiger partial charge in [0.2, 0.25) is 0 Å². The van der Waals surface area contributed by atoms with Gasteiger partial charge in [0, 0.05) is 0 Å². The smallest absolute Gasteiger partial charge is 1.00 e. The fourth-order valence-corrected chi connectivity index (χ4v) is 15.2. The van der Waals surface area contributed by atoms with Crippen LogP contribution in [0.4, 0.5) is 0 Å². The molecule has 2 aliphatic carbocycles. The van der Waals surface area contributed by atoms with Crippen LogP contribution in [-0.2, 0) is 21.3 Å². The predicted molar refractivity (Wildman–Crippen MR) is 160 cm³/mol. The molecule has 0 unspecified atom stereocenters. The Labute approximate surface area is 260 Å². The third-order valence-corrected chi connectivity index (χ3v) is 16.5. The van der Waals surface area contributed by atoms with Crippen molar-refractivity contribution in [3.63, 3.8) is 0 Å². The molecule has 4 aromatic carbocycles. The van der Waals surface area contributed by atoms with Gasteiger partial charge < -0.3 is 24.8 Å². The molecule has 0 amide bonds. The van der Waals surface area contributed by atoms with Gasteiger partial charge in [-0.05, 0) is 0 Å². The van der Waals surface area contributed by atoms with Crippen LogP contribution in [0.3, 0.4) is 0 Å². The normalized spacial score (nSPS) is 13.2. The zero-order valence-electron chi connectivity index (χ0n) is 23.7. The van der Waals surface area contributed by atoms with Crippen LogP contribution >= 0.6 is 0 Å². The van der Waals surface area contributed by atoms with E-state index in [-0.39, 0.29) is 24.8 Å². The van der Waals surface area contributed by atoms with Crippen molar-refractivity contribution in [2.45, 2.75) is 49.6 Å². The van der Waals surface area contributed by atoms with Crippen LogP contribution < -0.4 is 24.8 Å². The summed E-state index contributed by atoms with van der Waals surface area (Å²) >= 11 is -2.57. The predicted octanol–water partition coefficient (Wildman–Crippen LogP) is 3.74. The first-order valence-corrected chi connectivity index (χ1v) is 17.9. The molecule has 0 fully saturated rings. The second kappa shape index (κ2) is 13.1. The summed E-state index contributed by atoms with van der Waals surface area (Å²) in [6.07, 6.45) is 8.21. The van der Waals surface area contributed by atoms with E-state index in [1.165, 1.54) is 44.5 Å². The van der Waals surface area contributed by atoms with Crippen LogP contribution in [0, 0.1) is 0 Å². The Balaban J connectivity index is 0.00000185. The third kappa shape index (κ3) is 5.72. The molecule has 0 spiro atoms. The molecule has 4 aromatic rings. The van der Waals surface area contributed by atoms with Gasteiger partial charge in [0.1, 0.15) is 0 Å². The summed E-state index contributed by atoms with van der Waals surface area (Å²) < 4.78 is 3.80. The van der Waals surface area contributed by atoms with Crippen molar-refractivity contribution in [3.8, 4) is 11.1 Å². The minimum atomic E-state index is -2.57. The van der Waals surface area contributed by atoms with Crippen LogP contribution in [0.1, 0.15) is 83.0 Å². The van der Waals surface area contributed by atoms with Crippen molar-refractivity contribution >= 4 is 3.21 Å². The maximum atomic E-state index is 2.46. The molecule has 0 saturated carbocycles. The van der Waals surface area contributed by atoms with Crippen LogP contribution in [0.25, 0.3) is 11.1 Å². The average molecular weight is 643 g/mol. The minimum Gasteiger partial charge on any atom is -1.00 e. The Morgan fingerprint density at radius 1 is 0.625 bits per heavy atom. The average Bonchev–Trinajstić information content (AvgIpc) is 3.59. The van der Waals surface area contributed by atoms with Gasteiger partial charge in [0.15, 0.2) is 0 Å². The van der Waals surface area contributed by atoms with E-state index >= 15 is 0 Å². The molecule has 40 heavy (non-hydrogen) atoms. The standard InChI is InChI=1S/C19H22.C13H9.C5H5.2ClH.Zr/c1-14(2)18-9-5-16(6-10-18)13-17-7-11-19(12-8-17)15(3)4;1-3-7-12-10(5-1)9-11-6-2-4-8-13(11)12;1-2-4-5-3-1;;;/h5-12,14-15H,1-4H3;1-9H;1-3H,4H2;2*1H;/q;;;;;+2/p-2. The number of hydrogen-bond acceptors (Lipinski definition) is 0. The first kappa shape index (κ1) is 30.6. The summed E-state index contributed by atoms with van der Waals surface area (Å²) in [6.45, 7) is 9.14. The van der Waals surface area contributed by atoms with E-state index in [1.807, 2.05) is 0 Å². The molecule has 0 heterocycles. The summed E-state index contributed by atoms with van der Waals surface area (Å²) in [5.41, 5.74) is 11.6. The zero-order chi connectivity index (χ0) is 26.2. The Kier molecular flexibility index (Phi) is 10.1. The summed E-state index contributed by atoms with van der Waals surface area (Å²) in [4.78, 5) is 0. The first-order chi connectivity index (χ1) is 18.5. The number of rotatable bonds is 6. The number of allylic oxidation sites excluding steroid dienone is 4. The molecule has 0 aliphatic heterocycles. The second-order valence-electron chi connectivity index (χ2n) is 11.3. The third-order valence-electron chi connectivity index (χ3n) is 8.24. The van der Waals surface area contributed by atoms with E-state index in [4.69, 9.17) is 0 Å². The maximum absolute atomic E-state index is 2.57. The molecule has 0 bridgehead atoms. The number of benzene rings is 4. The summed E-state index contributed by atoms with van der Waals surface area (Å²) in [5.74, 6) is 1.07. The molecule has 202 valence electrons. The molecule has 0 radical (unpaired) electrons. The Morgan fingerprint density at radius 3 is 1.48 bits per heavy atom.